The van der Waals surface area contributed by atoms with Crippen molar-refractivity contribution in [3.05, 3.63) is 95.7 Å². The van der Waals surface area contributed by atoms with E-state index in [4.69, 9.17) is 9.47 Å². The first-order valence-corrected chi connectivity index (χ1v) is 10.7. The summed E-state index contributed by atoms with van der Waals surface area (Å²) in [4.78, 5) is 6.81. The highest BCUT2D eigenvalue weighted by Gasteiger charge is 2.37. The molecule has 4 rings (SSSR count). The summed E-state index contributed by atoms with van der Waals surface area (Å²) < 4.78 is 12.5. The molecule has 1 saturated heterocycles. The van der Waals surface area contributed by atoms with Gasteiger partial charge in [-0.15, -0.1) is 0 Å². The Balaban J connectivity index is 1.43. The van der Waals surface area contributed by atoms with E-state index in [0.29, 0.717) is 18.5 Å². The number of benzene rings is 2. The van der Waals surface area contributed by atoms with Crippen molar-refractivity contribution in [1.29, 1.82) is 0 Å². The second-order valence-corrected chi connectivity index (χ2v) is 8.03. The molecule has 3 aromatic rings. The molecule has 0 spiro atoms. The van der Waals surface area contributed by atoms with Crippen LogP contribution in [0.5, 0.6) is 5.88 Å². The zero-order valence-corrected chi connectivity index (χ0v) is 17.8. The van der Waals surface area contributed by atoms with Gasteiger partial charge in [-0.25, -0.2) is 4.98 Å². The largest absolute Gasteiger partial charge is 0.475 e. The Kier molecular flexibility index (Phi) is 6.77. The van der Waals surface area contributed by atoms with Gasteiger partial charge < -0.3 is 9.47 Å². The standard InChI is InChI=1S/C26H30N2O2/c1-20-10-9-17-27-25(20)29-19-24-18-28(26(30-24)23-13-7-4-8-14-23)21(2)15-16-22-11-5-3-6-12-22/h3-14,17,21,24,26H,15-16,18-19H2,1-2H3. The lowest BCUT2D eigenvalue weighted by molar-refractivity contribution is -0.0265. The van der Waals surface area contributed by atoms with Crippen molar-refractivity contribution < 1.29 is 9.47 Å². The zero-order valence-electron chi connectivity index (χ0n) is 17.8. The Bertz CT molecular complexity index is 917. The number of aromatic nitrogens is 1. The van der Waals surface area contributed by atoms with Gasteiger partial charge in [0, 0.05) is 24.3 Å². The average molecular weight is 403 g/mol. The van der Waals surface area contributed by atoms with Crippen LogP contribution in [-0.2, 0) is 11.2 Å². The second-order valence-electron chi connectivity index (χ2n) is 8.03. The van der Waals surface area contributed by atoms with Crippen LogP contribution in [0.1, 0.15) is 36.3 Å². The van der Waals surface area contributed by atoms with Gasteiger partial charge in [0.15, 0.2) is 0 Å². The molecule has 2 aromatic carbocycles. The van der Waals surface area contributed by atoms with Crippen LogP contribution in [0.2, 0.25) is 0 Å². The summed E-state index contributed by atoms with van der Waals surface area (Å²) in [6.07, 6.45) is 3.88. The van der Waals surface area contributed by atoms with Crippen LogP contribution in [0.25, 0.3) is 0 Å². The van der Waals surface area contributed by atoms with Crippen LogP contribution < -0.4 is 4.74 Å². The van der Waals surface area contributed by atoms with Crippen molar-refractivity contribution in [3.8, 4) is 5.88 Å². The van der Waals surface area contributed by atoms with Gasteiger partial charge in [-0.3, -0.25) is 4.90 Å². The van der Waals surface area contributed by atoms with Crippen LogP contribution in [-0.4, -0.2) is 35.2 Å². The highest BCUT2D eigenvalue weighted by molar-refractivity contribution is 5.23. The van der Waals surface area contributed by atoms with Crippen molar-refractivity contribution in [2.45, 2.75) is 45.1 Å². The molecule has 1 aliphatic rings. The number of pyridine rings is 1. The van der Waals surface area contributed by atoms with Gasteiger partial charge in [0.1, 0.15) is 18.9 Å². The third-order valence-corrected chi connectivity index (χ3v) is 5.75. The van der Waals surface area contributed by atoms with Gasteiger partial charge in [0.2, 0.25) is 5.88 Å². The van der Waals surface area contributed by atoms with Gasteiger partial charge >= 0.3 is 0 Å². The van der Waals surface area contributed by atoms with Crippen molar-refractivity contribution in [2.24, 2.45) is 0 Å². The monoisotopic (exact) mass is 402 g/mol. The highest BCUT2D eigenvalue weighted by Crippen LogP contribution is 2.33. The fourth-order valence-corrected chi connectivity index (χ4v) is 4.01. The summed E-state index contributed by atoms with van der Waals surface area (Å²) >= 11 is 0. The van der Waals surface area contributed by atoms with E-state index in [1.807, 2.05) is 25.1 Å². The fraction of sp³-hybridized carbons (Fsp3) is 0.346. The summed E-state index contributed by atoms with van der Waals surface area (Å²) in [5.74, 6) is 0.688. The molecule has 0 bridgehead atoms. The number of hydrogen-bond donors (Lipinski definition) is 0. The lowest BCUT2D eigenvalue weighted by atomic mass is 10.0. The van der Waals surface area contributed by atoms with E-state index in [0.717, 1.165) is 24.9 Å². The summed E-state index contributed by atoms with van der Waals surface area (Å²) in [6.45, 7) is 5.67. The Labute approximate surface area is 179 Å². The maximum absolute atomic E-state index is 6.47. The minimum Gasteiger partial charge on any atom is -0.475 e. The van der Waals surface area contributed by atoms with Crippen molar-refractivity contribution in [3.63, 3.8) is 0 Å². The molecule has 4 nitrogen and oxygen atoms in total. The van der Waals surface area contributed by atoms with Gasteiger partial charge in [0.05, 0.1) is 0 Å². The molecule has 0 amide bonds. The van der Waals surface area contributed by atoms with E-state index in [1.165, 1.54) is 11.1 Å². The number of rotatable bonds is 8. The molecule has 0 N–H and O–H groups in total. The average Bonchev–Trinajstić information content (AvgIpc) is 3.23. The molecular formula is C26H30N2O2. The molecule has 0 aliphatic carbocycles. The molecule has 1 fully saturated rings. The summed E-state index contributed by atoms with van der Waals surface area (Å²) in [5.41, 5.74) is 3.62. The molecule has 0 saturated carbocycles. The molecule has 3 atom stereocenters. The summed E-state index contributed by atoms with van der Waals surface area (Å²) in [6, 6.07) is 25.5. The summed E-state index contributed by atoms with van der Waals surface area (Å²) in [7, 11) is 0. The Hall–Kier alpha value is -2.69. The fourth-order valence-electron chi connectivity index (χ4n) is 4.01. The molecule has 0 radical (unpaired) electrons. The molecule has 1 aliphatic heterocycles. The van der Waals surface area contributed by atoms with E-state index >= 15 is 0 Å². The number of ether oxygens (including phenoxy) is 2. The molecule has 156 valence electrons. The maximum Gasteiger partial charge on any atom is 0.216 e. The van der Waals surface area contributed by atoms with Gasteiger partial charge in [0.25, 0.3) is 0 Å². The first-order valence-electron chi connectivity index (χ1n) is 10.7. The Morgan fingerprint density at radius 1 is 1.03 bits per heavy atom. The highest BCUT2D eigenvalue weighted by atomic mass is 16.6. The van der Waals surface area contributed by atoms with E-state index in [9.17, 15) is 0 Å². The molecule has 30 heavy (non-hydrogen) atoms. The Morgan fingerprint density at radius 2 is 1.77 bits per heavy atom. The minimum atomic E-state index is -0.0459. The molecule has 4 heteroatoms. The summed E-state index contributed by atoms with van der Waals surface area (Å²) in [5, 5.41) is 0. The van der Waals surface area contributed by atoms with E-state index in [1.54, 1.807) is 6.20 Å². The third kappa shape index (κ3) is 5.07. The smallest absolute Gasteiger partial charge is 0.216 e. The second kappa shape index (κ2) is 9.88. The first kappa shape index (κ1) is 20.6. The van der Waals surface area contributed by atoms with Crippen LogP contribution >= 0.6 is 0 Å². The maximum atomic E-state index is 6.47. The van der Waals surface area contributed by atoms with Gasteiger partial charge in [-0.1, -0.05) is 66.7 Å². The van der Waals surface area contributed by atoms with Crippen molar-refractivity contribution >= 4 is 0 Å². The molecule has 2 heterocycles. The predicted octanol–water partition coefficient (Wildman–Crippen LogP) is 5.19. The van der Waals surface area contributed by atoms with Crippen LogP contribution in [0, 0.1) is 6.92 Å². The Morgan fingerprint density at radius 3 is 2.50 bits per heavy atom. The normalized spacial score (nSPS) is 20.2. The number of hydrogen-bond acceptors (Lipinski definition) is 4. The predicted molar refractivity (Wildman–Crippen MR) is 119 cm³/mol. The number of aryl methyl sites for hydroxylation is 2. The van der Waals surface area contributed by atoms with Crippen LogP contribution in [0.15, 0.2) is 79.0 Å². The van der Waals surface area contributed by atoms with Crippen molar-refractivity contribution in [2.75, 3.05) is 13.2 Å². The first-order chi connectivity index (χ1) is 14.7. The quantitative estimate of drug-likeness (QED) is 0.519. The molecular weight excluding hydrogens is 372 g/mol. The lowest BCUT2D eigenvalue weighted by Gasteiger charge is -2.29. The number of nitrogens with zero attached hydrogens (tertiary/aromatic N) is 2. The zero-order chi connectivity index (χ0) is 20.8. The van der Waals surface area contributed by atoms with E-state index in [-0.39, 0.29) is 12.3 Å². The topological polar surface area (TPSA) is 34.6 Å². The minimum absolute atomic E-state index is 0.00999. The molecule has 3 unspecified atom stereocenters. The van der Waals surface area contributed by atoms with Gasteiger partial charge in [-0.05, 0) is 43.9 Å². The SMILES string of the molecule is Cc1cccnc1OCC1CN(C(C)CCc2ccccc2)C(c2ccccc2)O1. The third-order valence-electron chi connectivity index (χ3n) is 5.75. The van der Waals surface area contributed by atoms with Crippen LogP contribution in [0.3, 0.4) is 0 Å². The van der Waals surface area contributed by atoms with E-state index in [2.05, 4.69) is 71.4 Å². The van der Waals surface area contributed by atoms with Gasteiger partial charge in [-0.2, -0.15) is 0 Å². The lowest BCUT2D eigenvalue weighted by Crippen LogP contribution is -2.35. The van der Waals surface area contributed by atoms with E-state index < -0.39 is 0 Å². The molecule has 1 aromatic heterocycles. The van der Waals surface area contributed by atoms with Crippen LogP contribution in [0.4, 0.5) is 0 Å². The van der Waals surface area contributed by atoms with Crippen molar-refractivity contribution in [1.82, 2.24) is 9.88 Å².